The molecule has 1 saturated heterocycles. The van der Waals surface area contributed by atoms with Crippen LogP contribution < -0.4 is 0 Å². The maximum absolute atomic E-state index is 10.6. The van der Waals surface area contributed by atoms with Gasteiger partial charge in [0.15, 0.2) is 0 Å². The second kappa shape index (κ2) is 5.24. The van der Waals surface area contributed by atoms with E-state index in [2.05, 4.69) is 20.6 Å². The Bertz CT molecular complexity index is 634. The predicted molar refractivity (Wildman–Crippen MR) is 77.8 cm³/mol. The molecule has 5 heteroatoms. The lowest BCUT2D eigenvalue weighted by molar-refractivity contribution is 0.00137. The zero-order chi connectivity index (χ0) is 14.2. The fourth-order valence-electron chi connectivity index (χ4n) is 3.54. The molecule has 2 aliphatic rings. The van der Waals surface area contributed by atoms with E-state index in [1.807, 2.05) is 24.8 Å². The molecule has 110 valence electrons. The molecule has 2 unspecified atom stereocenters. The summed E-state index contributed by atoms with van der Waals surface area (Å²) in [5.41, 5.74) is 3.29. The number of hydrogen-bond donors (Lipinski definition) is 1. The lowest BCUT2D eigenvalue weighted by Gasteiger charge is -2.28. The first kappa shape index (κ1) is 13.0. The van der Waals surface area contributed by atoms with E-state index in [1.54, 1.807) is 0 Å². The van der Waals surface area contributed by atoms with E-state index < -0.39 is 0 Å². The van der Waals surface area contributed by atoms with Crippen molar-refractivity contribution in [3.8, 4) is 11.3 Å². The number of fused-ring (bicyclic) bond motifs is 3. The summed E-state index contributed by atoms with van der Waals surface area (Å²) in [7, 11) is 0. The highest BCUT2D eigenvalue weighted by atomic mass is 16.5. The Balaban J connectivity index is 1.60. The maximum Gasteiger partial charge on any atom is 0.0957 e. The molecule has 0 bridgehead atoms. The van der Waals surface area contributed by atoms with Gasteiger partial charge in [0.25, 0.3) is 0 Å². The molecular weight excluding hydrogens is 266 g/mol. The van der Waals surface area contributed by atoms with Crippen molar-refractivity contribution in [2.75, 3.05) is 13.2 Å². The van der Waals surface area contributed by atoms with Crippen molar-refractivity contribution in [1.82, 2.24) is 14.5 Å². The summed E-state index contributed by atoms with van der Waals surface area (Å²) >= 11 is 0. The minimum Gasteiger partial charge on any atom is -0.393 e. The van der Waals surface area contributed by atoms with Crippen molar-refractivity contribution in [3.05, 3.63) is 36.5 Å². The molecule has 1 N–H and O–H groups in total. The normalized spacial score (nSPS) is 22.8. The molecule has 2 aromatic rings. The maximum atomic E-state index is 10.6. The molecule has 1 fully saturated rings. The first-order valence-corrected chi connectivity index (χ1v) is 7.57. The molecule has 0 spiro atoms. The van der Waals surface area contributed by atoms with E-state index >= 15 is 0 Å². The van der Waals surface area contributed by atoms with Gasteiger partial charge in [0.1, 0.15) is 0 Å². The summed E-state index contributed by atoms with van der Waals surface area (Å²) in [5.74, 6) is 0.332. The van der Waals surface area contributed by atoms with E-state index in [0.717, 1.165) is 43.0 Å². The molecule has 4 heterocycles. The fraction of sp³-hybridized carbons (Fsp3) is 0.500. The van der Waals surface area contributed by atoms with Gasteiger partial charge < -0.3 is 14.4 Å². The third kappa shape index (κ3) is 2.17. The van der Waals surface area contributed by atoms with Gasteiger partial charge >= 0.3 is 0 Å². The van der Waals surface area contributed by atoms with Crippen molar-refractivity contribution >= 4 is 0 Å². The number of rotatable bonds is 3. The molecule has 0 aromatic carbocycles. The number of aromatic nitrogens is 3. The van der Waals surface area contributed by atoms with Gasteiger partial charge in [0.05, 0.1) is 36.1 Å². The summed E-state index contributed by atoms with van der Waals surface area (Å²) in [5, 5.41) is 10.6. The number of pyridine rings is 1. The van der Waals surface area contributed by atoms with Crippen LogP contribution in [0.5, 0.6) is 0 Å². The summed E-state index contributed by atoms with van der Waals surface area (Å²) in [4.78, 5) is 8.79. The third-order valence-corrected chi connectivity index (χ3v) is 4.71. The lowest BCUT2D eigenvalue weighted by atomic mass is 9.89. The number of hydrogen-bond acceptors (Lipinski definition) is 4. The minimum atomic E-state index is -0.317. The topological polar surface area (TPSA) is 60.2 Å². The van der Waals surface area contributed by atoms with Crippen molar-refractivity contribution in [3.63, 3.8) is 0 Å². The van der Waals surface area contributed by atoms with Crippen LogP contribution >= 0.6 is 0 Å². The number of ether oxygens (including phenoxy) is 1. The number of imidazole rings is 1. The number of aliphatic hydroxyl groups excluding tert-OH is 1. The Hall–Kier alpha value is -1.72. The smallest absolute Gasteiger partial charge is 0.0957 e. The molecule has 2 atom stereocenters. The van der Waals surface area contributed by atoms with Crippen LogP contribution in [0, 0.1) is 5.92 Å². The summed E-state index contributed by atoms with van der Waals surface area (Å²) in [6.45, 7) is 1.52. The predicted octanol–water partition coefficient (Wildman–Crippen LogP) is 2.03. The highest BCUT2D eigenvalue weighted by Gasteiger charge is 2.33. The van der Waals surface area contributed by atoms with Gasteiger partial charge in [-0.15, -0.1) is 0 Å². The van der Waals surface area contributed by atoms with Crippen molar-refractivity contribution in [2.45, 2.75) is 31.4 Å². The molecule has 0 aliphatic carbocycles. The van der Waals surface area contributed by atoms with Crippen LogP contribution in [-0.2, 0) is 4.74 Å². The Kier molecular flexibility index (Phi) is 3.24. The standard InChI is InChI=1S/C16H19N3O2/c20-15(11-3-6-21-7-4-11)8-13-16-12(2-1-5-18-16)14-9-17-10-19(13)14/h1-2,5,9-11,13,15,20H,3-4,6-8H2. The van der Waals surface area contributed by atoms with Gasteiger partial charge in [-0.2, -0.15) is 0 Å². The summed E-state index contributed by atoms with van der Waals surface area (Å²) in [6, 6.07) is 4.13. The quantitative estimate of drug-likeness (QED) is 0.937. The Morgan fingerprint density at radius 3 is 3.10 bits per heavy atom. The van der Waals surface area contributed by atoms with Crippen LogP contribution in [-0.4, -0.2) is 39.0 Å². The second-order valence-corrected chi connectivity index (χ2v) is 5.89. The molecule has 2 aliphatic heterocycles. The van der Waals surface area contributed by atoms with Crippen molar-refractivity contribution in [2.24, 2.45) is 5.92 Å². The zero-order valence-electron chi connectivity index (χ0n) is 11.9. The average Bonchev–Trinajstić information content (AvgIpc) is 3.11. The van der Waals surface area contributed by atoms with E-state index in [4.69, 9.17) is 4.74 Å². The first-order chi connectivity index (χ1) is 10.3. The van der Waals surface area contributed by atoms with Crippen LogP contribution in [0.25, 0.3) is 11.3 Å². The molecule has 0 saturated carbocycles. The van der Waals surface area contributed by atoms with E-state index in [0.29, 0.717) is 12.3 Å². The fourth-order valence-corrected chi connectivity index (χ4v) is 3.54. The Morgan fingerprint density at radius 2 is 2.24 bits per heavy atom. The van der Waals surface area contributed by atoms with Gasteiger partial charge in [-0.3, -0.25) is 4.98 Å². The second-order valence-electron chi connectivity index (χ2n) is 5.89. The average molecular weight is 285 g/mol. The van der Waals surface area contributed by atoms with Crippen LogP contribution in [0.3, 0.4) is 0 Å². The molecule has 2 aromatic heterocycles. The molecule has 0 radical (unpaired) electrons. The van der Waals surface area contributed by atoms with E-state index in [-0.39, 0.29) is 12.1 Å². The molecular formula is C16H19N3O2. The van der Waals surface area contributed by atoms with Gasteiger partial charge in [-0.25, -0.2) is 4.98 Å². The highest BCUT2D eigenvalue weighted by Crippen LogP contribution is 2.40. The van der Waals surface area contributed by atoms with Crippen molar-refractivity contribution in [1.29, 1.82) is 0 Å². The largest absolute Gasteiger partial charge is 0.393 e. The van der Waals surface area contributed by atoms with Crippen LogP contribution in [0.15, 0.2) is 30.9 Å². The number of aliphatic hydroxyl groups is 1. The van der Waals surface area contributed by atoms with Crippen LogP contribution in [0.1, 0.15) is 31.0 Å². The van der Waals surface area contributed by atoms with Crippen LogP contribution in [0.4, 0.5) is 0 Å². The molecule has 5 nitrogen and oxygen atoms in total. The van der Waals surface area contributed by atoms with Gasteiger partial charge in [0, 0.05) is 31.4 Å². The minimum absolute atomic E-state index is 0.0940. The summed E-state index contributed by atoms with van der Waals surface area (Å²) in [6.07, 6.45) is 7.81. The molecule has 4 rings (SSSR count). The third-order valence-electron chi connectivity index (χ3n) is 4.71. The first-order valence-electron chi connectivity index (χ1n) is 7.57. The highest BCUT2D eigenvalue weighted by molar-refractivity contribution is 5.66. The molecule has 0 amide bonds. The number of nitrogens with zero attached hydrogens (tertiary/aromatic N) is 3. The Labute approximate surface area is 123 Å². The zero-order valence-corrected chi connectivity index (χ0v) is 11.9. The summed E-state index contributed by atoms with van der Waals surface area (Å²) < 4.78 is 7.52. The Morgan fingerprint density at radius 1 is 1.38 bits per heavy atom. The van der Waals surface area contributed by atoms with Gasteiger partial charge in [-0.1, -0.05) is 0 Å². The van der Waals surface area contributed by atoms with Crippen molar-refractivity contribution < 1.29 is 9.84 Å². The monoisotopic (exact) mass is 285 g/mol. The van der Waals surface area contributed by atoms with E-state index in [9.17, 15) is 5.11 Å². The SMILES string of the molecule is OC(CC1c2ncccc2-c2cncn21)C1CCOCC1. The van der Waals surface area contributed by atoms with Gasteiger partial charge in [-0.05, 0) is 30.9 Å². The lowest BCUT2D eigenvalue weighted by Crippen LogP contribution is -2.29. The van der Waals surface area contributed by atoms with Gasteiger partial charge in [0.2, 0.25) is 0 Å². The van der Waals surface area contributed by atoms with Crippen LogP contribution in [0.2, 0.25) is 0 Å². The van der Waals surface area contributed by atoms with E-state index in [1.165, 1.54) is 0 Å². The molecule has 21 heavy (non-hydrogen) atoms.